The Hall–Kier alpha value is -1.29. The normalized spacial score (nSPS) is 31.6. The molecule has 15 heavy (non-hydrogen) atoms. The summed E-state index contributed by atoms with van der Waals surface area (Å²) in [7, 11) is 0. The molecule has 1 fully saturated rings. The molecule has 1 aliphatic rings. The molecular weight excluding hydrogens is 213 g/mol. The Kier molecular flexibility index (Phi) is 2.65. The summed E-state index contributed by atoms with van der Waals surface area (Å²) >= 11 is 0. The molecule has 1 rings (SSSR count). The number of nitrogens with two attached hydrogens (primary N) is 1. The maximum atomic E-state index is 11.9. The second-order valence-corrected chi connectivity index (χ2v) is 3.56. The average molecular weight is 222 g/mol. The third-order valence-electron chi connectivity index (χ3n) is 2.29. The van der Waals surface area contributed by atoms with E-state index in [0.717, 1.165) is 0 Å². The Morgan fingerprint density at radius 1 is 1.73 bits per heavy atom. The first kappa shape index (κ1) is 11.8. The summed E-state index contributed by atoms with van der Waals surface area (Å²) in [6.45, 7) is 1.55. The molecule has 3 atom stereocenters. The van der Waals surface area contributed by atoms with Crippen LogP contribution in [0.5, 0.6) is 0 Å². The van der Waals surface area contributed by atoms with Gasteiger partial charge in [-0.15, -0.1) is 0 Å². The van der Waals surface area contributed by atoms with Crippen molar-refractivity contribution in [2.75, 3.05) is 0 Å². The highest BCUT2D eigenvalue weighted by molar-refractivity contribution is 5.76. The van der Waals surface area contributed by atoms with Crippen LogP contribution in [0.2, 0.25) is 0 Å². The lowest BCUT2D eigenvalue weighted by Crippen LogP contribution is -2.34. The average Bonchev–Trinajstić information content (AvgIpc) is 2.78. The van der Waals surface area contributed by atoms with Crippen LogP contribution in [-0.4, -0.2) is 23.8 Å². The topological polar surface area (TPSA) is 76.1 Å². The maximum Gasteiger partial charge on any atom is 0.490 e. The largest absolute Gasteiger partial charge is 0.490 e. The first-order chi connectivity index (χ1) is 6.73. The molecule has 0 aromatic carbocycles. The summed E-state index contributed by atoms with van der Waals surface area (Å²) in [5.74, 6) is -2.86. The monoisotopic (exact) mass is 222 g/mol. The highest BCUT2D eigenvalue weighted by Crippen LogP contribution is 2.48. The summed E-state index contributed by atoms with van der Waals surface area (Å²) in [4.78, 5) is 10.5. The predicted octanol–water partition coefficient (Wildman–Crippen LogP) is 0.721. The van der Waals surface area contributed by atoms with Crippen molar-refractivity contribution in [1.29, 1.82) is 5.26 Å². The Labute approximate surface area is 83.8 Å². The molecule has 1 aliphatic carbocycles. The van der Waals surface area contributed by atoms with Gasteiger partial charge in [-0.2, -0.15) is 18.4 Å². The molecule has 0 aliphatic heterocycles. The molecule has 0 bridgehead atoms. The van der Waals surface area contributed by atoms with Crippen molar-refractivity contribution < 1.29 is 22.7 Å². The lowest BCUT2D eigenvalue weighted by atomic mass is 10.2. The first-order valence-electron chi connectivity index (χ1n) is 4.20. The van der Waals surface area contributed by atoms with Crippen LogP contribution in [0.4, 0.5) is 13.2 Å². The molecule has 0 heterocycles. The minimum absolute atomic E-state index is 0.0585. The van der Waals surface area contributed by atoms with Gasteiger partial charge in [0, 0.05) is 18.4 Å². The molecule has 84 valence electrons. The number of nitriles is 1. The van der Waals surface area contributed by atoms with Gasteiger partial charge in [-0.25, -0.2) is 4.79 Å². The number of carbonyl (C=O) groups is 1. The lowest BCUT2D eigenvalue weighted by Gasteiger charge is -2.13. The fourth-order valence-electron chi connectivity index (χ4n) is 1.37. The third-order valence-corrected chi connectivity index (χ3v) is 2.29. The highest BCUT2D eigenvalue weighted by Gasteiger charge is 2.62. The molecule has 2 unspecified atom stereocenters. The molecule has 0 saturated heterocycles. The van der Waals surface area contributed by atoms with Crippen molar-refractivity contribution in [2.45, 2.75) is 31.2 Å². The van der Waals surface area contributed by atoms with E-state index in [1.165, 1.54) is 0 Å². The van der Waals surface area contributed by atoms with E-state index < -0.39 is 29.7 Å². The summed E-state index contributed by atoms with van der Waals surface area (Å²) in [6, 6.07) is 1.08. The van der Waals surface area contributed by atoms with Gasteiger partial charge in [0.15, 0.2) is 0 Å². The second kappa shape index (κ2) is 3.38. The summed E-state index contributed by atoms with van der Waals surface area (Å²) in [5, 5.41) is 8.64. The van der Waals surface area contributed by atoms with Gasteiger partial charge in [-0.1, -0.05) is 0 Å². The van der Waals surface area contributed by atoms with Crippen LogP contribution in [0, 0.1) is 17.2 Å². The van der Waals surface area contributed by atoms with E-state index >= 15 is 0 Å². The van der Waals surface area contributed by atoms with E-state index in [1.807, 2.05) is 0 Å². The number of hydrogen-bond acceptors (Lipinski definition) is 4. The van der Waals surface area contributed by atoms with Gasteiger partial charge in [0.25, 0.3) is 0 Å². The predicted molar refractivity (Wildman–Crippen MR) is 42.2 cm³/mol. The van der Waals surface area contributed by atoms with Crippen LogP contribution in [-0.2, 0) is 9.53 Å². The molecule has 0 spiro atoms. The number of ether oxygens (including phenoxy) is 1. The molecular formula is C8H9F3N2O2. The molecule has 0 radical (unpaired) electrons. The smallest absolute Gasteiger partial charge is 0.437 e. The van der Waals surface area contributed by atoms with E-state index in [-0.39, 0.29) is 6.42 Å². The van der Waals surface area contributed by atoms with E-state index in [9.17, 15) is 18.0 Å². The number of carbonyl (C=O) groups excluding carboxylic acids is 1. The van der Waals surface area contributed by atoms with E-state index in [2.05, 4.69) is 4.74 Å². The van der Waals surface area contributed by atoms with Crippen molar-refractivity contribution in [3.63, 3.8) is 0 Å². The Balaban J connectivity index is 2.67. The van der Waals surface area contributed by atoms with Crippen molar-refractivity contribution in [1.82, 2.24) is 0 Å². The number of hydrogen-bond donors (Lipinski definition) is 1. The van der Waals surface area contributed by atoms with Gasteiger partial charge in [-0.3, -0.25) is 0 Å². The molecule has 7 heteroatoms. The van der Waals surface area contributed by atoms with Gasteiger partial charge in [-0.05, 0) is 6.92 Å². The fraction of sp³-hybridized carbons (Fsp3) is 0.750. The van der Waals surface area contributed by atoms with E-state index in [0.29, 0.717) is 0 Å². The zero-order valence-electron chi connectivity index (χ0n) is 7.84. The van der Waals surface area contributed by atoms with E-state index in [4.69, 9.17) is 11.0 Å². The van der Waals surface area contributed by atoms with Crippen LogP contribution in [0.25, 0.3) is 0 Å². The Morgan fingerprint density at radius 3 is 2.53 bits per heavy atom. The number of nitrogens with zero attached hydrogens (tertiary/aromatic N) is 1. The second-order valence-electron chi connectivity index (χ2n) is 3.56. The quantitative estimate of drug-likeness (QED) is 0.698. The van der Waals surface area contributed by atoms with Gasteiger partial charge in [0.1, 0.15) is 6.07 Å². The van der Waals surface area contributed by atoms with Gasteiger partial charge in [0.05, 0.1) is 0 Å². The molecule has 2 N–H and O–H groups in total. The molecule has 1 saturated carbocycles. The van der Waals surface area contributed by atoms with Crippen LogP contribution in [0.1, 0.15) is 13.3 Å². The molecule has 4 nitrogen and oxygen atoms in total. The number of halogens is 3. The number of esters is 1. The Morgan fingerprint density at radius 2 is 2.27 bits per heavy atom. The van der Waals surface area contributed by atoms with Crippen molar-refractivity contribution in [2.24, 2.45) is 11.7 Å². The van der Waals surface area contributed by atoms with Gasteiger partial charge >= 0.3 is 12.1 Å². The van der Waals surface area contributed by atoms with Crippen molar-refractivity contribution >= 4 is 5.97 Å². The summed E-state index contributed by atoms with van der Waals surface area (Å²) in [5.41, 5.74) is 3.73. The number of alkyl halides is 3. The van der Waals surface area contributed by atoms with Crippen LogP contribution >= 0.6 is 0 Å². The lowest BCUT2D eigenvalue weighted by molar-refractivity contribution is -0.204. The highest BCUT2D eigenvalue weighted by atomic mass is 19.4. The minimum Gasteiger partial charge on any atom is -0.437 e. The van der Waals surface area contributed by atoms with Crippen molar-refractivity contribution in [3.05, 3.63) is 0 Å². The van der Waals surface area contributed by atoms with Gasteiger partial charge in [0.2, 0.25) is 5.60 Å². The van der Waals surface area contributed by atoms with Crippen LogP contribution in [0.3, 0.4) is 0 Å². The fourth-order valence-corrected chi connectivity index (χ4v) is 1.37. The first-order valence-corrected chi connectivity index (χ1v) is 4.20. The zero-order chi connectivity index (χ0) is 11.9. The van der Waals surface area contributed by atoms with Crippen molar-refractivity contribution in [3.8, 4) is 6.07 Å². The molecule has 0 aromatic rings. The standard InChI is InChI=1S/C8H9F3N2O2/c1-4(13)5-2-7(5,3-12)15-6(14)8(9,10)11/h4-5H,2,13H2,1H3/t4-,5?,7?/m1/s1. The SMILES string of the molecule is C[C@@H](N)C1CC1(C#N)OC(=O)C(F)(F)F. The Bertz CT molecular complexity index is 321. The number of rotatable bonds is 2. The molecule has 0 aromatic heterocycles. The summed E-state index contributed by atoms with van der Waals surface area (Å²) < 4.78 is 39.7. The van der Waals surface area contributed by atoms with Crippen LogP contribution < -0.4 is 5.73 Å². The van der Waals surface area contributed by atoms with Crippen LogP contribution in [0.15, 0.2) is 0 Å². The van der Waals surface area contributed by atoms with Gasteiger partial charge < -0.3 is 10.5 Å². The summed E-state index contributed by atoms with van der Waals surface area (Å²) in [6.07, 6.45) is -5.02. The third kappa shape index (κ3) is 2.21. The molecule has 0 amide bonds. The minimum atomic E-state index is -5.07. The van der Waals surface area contributed by atoms with E-state index in [1.54, 1.807) is 13.0 Å². The zero-order valence-corrected chi connectivity index (χ0v) is 7.84. The maximum absolute atomic E-state index is 11.9.